The third-order valence-electron chi connectivity index (χ3n) is 4.26. The summed E-state index contributed by atoms with van der Waals surface area (Å²) in [6.45, 7) is 0. The molecule has 0 aromatic heterocycles. The van der Waals surface area contributed by atoms with Crippen LogP contribution < -0.4 is 5.32 Å². The van der Waals surface area contributed by atoms with Crippen molar-refractivity contribution in [3.05, 3.63) is 100 Å². The first-order chi connectivity index (χ1) is 15.1. The molecule has 3 aromatic rings. The van der Waals surface area contributed by atoms with E-state index in [1.807, 2.05) is 0 Å². The van der Waals surface area contributed by atoms with Gasteiger partial charge in [0.2, 0.25) is 6.10 Å². The molecule has 0 radical (unpaired) electrons. The first kappa shape index (κ1) is 23.2. The predicted octanol–water partition coefficient (Wildman–Crippen LogP) is 6.17. The smallest absolute Gasteiger partial charge is 0.418 e. The lowest BCUT2D eigenvalue weighted by Gasteiger charge is -2.20. The lowest BCUT2D eigenvalue weighted by atomic mass is 10.1. The van der Waals surface area contributed by atoms with Crippen LogP contribution in [0.5, 0.6) is 0 Å². The van der Waals surface area contributed by atoms with Gasteiger partial charge < -0.3 is 10.1 Å². The molecule has 10 heteroatoms. The van der Waals surface area contributed by atoms with Gasteiger partial charge in [0.05, 0.1) is 16.8 Å². The fraction of sp³-hybridized carbons (Fsp3) is 0.0909. The fourth-order valence-corrected chi connectivity index (χ4v) is 2.96. The molecular formula is C22H13ClF5NO3. The molecule has 32 heavy (non-hydrogen) atoms. The van der Waals surface area contributed by atoms with E-state index in [0.717, 1.165) is 24.3 Å². The summed E-state index contributed by atoms with van der Waals surface area (Å²) in [7, 11) is 0. The molecule has 4 nitrogen and oxygen atoms in total. The number of hydrogen-bond acceptors (Lipinski definition) is 3. The van der Waals surface area contributed by atoms with Crippen molar-refractivity contribution in [3.63, 3.8) is 0 Å². The van der Waals surface area contributed by atoms with Crippen molar-refractivity contribution in [3.8, 4) is 0 Å². The zero-order valence-corrected chi connectivity index (χ0v) is 16.7. The molecule has 0 aliphatic rings. The first-order valence-corrected chi connectivity index (χ1v) is 9.32. The fourth-order valence-electron chi connectivity index (χ4n) is 2.78. The monoisotopic (exact) mass is 469 g/mol. The van der Waals surface area contributed by atoms with Crippen LogP contribution in [0.4, 0.5) is 27.6 Å². The second-order valence-electron chi connectivity index (χ2n) is 6.50. The highest BCUT2D eigenvalue weighted by Crippen LogP contribution is 2.37. The zero-order valence-electron chi connectivity index (χ0n) is 15.9. The molecule has 0 unspecified atom stereocenters. The van der Waals surface area contributed by atoms with Gasteiger partial charge in [0.1, 0.15) is 11.6 Å². The number of carbonyl (C=O) groups is 2. The predicted molar refractivity (Wildman–Crippen MR) is 106 cm³/mol. The minimum atomic E-state index is -4.83. The molecule has 3 aromatic carbocycles. The number of esters is 1. The van der Waals surface area contributed by atoms with Gasteiger partial charge in [-0.15, -0.1) is 0 Å². The maximum absolute atomic E-state index is 13.9. The van der Waals surface area contributed by atoms with Crippen LogP contribution in [0.3, 0.4) is 0 Å². The summed E-state index contributed by atoms with van der Waals surface area (Å²) in [4.78, 5) is 25.3. The Morgan fingerprint density at radius 3 is 2.25 bits per heavy atom. The average molecular weight is 470 g/mol. The van der Waals surface area contributed by atoms with Gasteiger partial charge in [-0.05, 0) is 30.3 Å². The Hall–Kier alpha value is -3.46. The molecule has 0 heterocycles. The number of anilines is 1. The second-order valence-corrected chi connectivity index (χ2v) is 6.93. The quantitative estimate of drug-likeness (QED) is 0.359. The first-order valence-electron chi connectivity index (χ1n) is 8.95. The van der Waals surface area contributed by atoms with Gasteiger partial charge in [0.15, 0.2) is 0 Å². The van der Waals surface area contributed by atoms with Gasteiger partial charge in [0, 0.05) is 16.7 Å². The van der Waals surface area contributed by atoms with E-state index in [0.29, 0.717) is 12.1 Å². The van der Waals surface area contributed by atoms with E-state index < -0.39 is 52.6 Å². The highest BCUT2D eigenvalue weighted by atomic mass is 35.5. The van der Waals surface area contributed by atoms with Crippen LogP contribution in [0.1, 0.15) is 27.6 Å². The summed E-state index contributed by atoms with van der Waals surface area (Å²) in [5.41, 5.74) is -2.36. The lowest BCUT2D eigenvalue weighted by Crippen LogP contribution is -2.27. The van der Waals surface area contributed by atoms with E-state index in [2.05, 4.69) is 5.32 Å². The molecule has 0 fully saturated rings. The van der Waals surface area contributed by atoms with Crippen LogP contribution in [-0.2, 0) is 15.7 Å². The van der Waals surface area contributed by atoms with Crippen molar-refractivity contribution >= 4 is 29.2 Å². The number of rotatable bonds is 5. The number of alkyl halides is 3. The van der Waals surface area contributed by atoms with Crippen molar-refractivity contribution in [1.29, 1.82) is 0 Å². The number of amides is 1. The van der Waals surface area contributed by atoms with Crippen LogP contribution >= 0.6 is 11.6 Å². The van der Waals surface area contributed by atoms with E-state index in [1.165, 1.54) is 24.3 Å². The zero-order chi connectivity index (χ0) is 23.5. The van der Waals surface area contributed by atoms with Gasteiger partial charge in [-0.25, -0.2) is 13.6 Å². The second kappa shape index (κ2) is 9.35. The van der Waals surface area contributed by atoms with Gasteiger partial charge in [-0.2, -0.15) is 13.2 Å². The number of ether oxygens (including phenoxy) is 1. The lowest BCUT2D eigenvalue weighted by molar-refractivity contribution is -0.137. The Balaban J connectivity index is 1.94. The Labute approximate surface area is 183 Å². The summed E-state index contributed by atoms with van der Waals surface area (Å²) >= 11 is 5.64. The van der Waals surface area contributed by atoms with Crippen molar-refractivity contribution in [2.75, 3.05) is 5.32 Å². The average Bonchev–Trinajstić information content (AvgIpc) is 2.73. The number of benzene rings is 3. The van der Waals surface area contributed by atoms with Gasteiger partial charge >= 0.3 is 12.1 Å². The maximum atomic E-state index is 13.9. The Bertz CT molecular complexity index is 1150. The normalized spacial score (nSPS) is 12.2. The minimum Gasteiger partial charge on any atom is -0.444 e. The summed E-state index contributed by atoms with van der Waals surface area (Å²) in [5, 5.41) is 1.87. The molecule has 1 atom stereocenters. The molecule has 0 saturated carbocycles. The minimum absolute atomic E-state index is 0.114. The summed E-state index contributed by atoms with van der Waals surface area (Å²) < 4.78 is 72.2. The molecule has 3 rings (SSSR count). The molecule has 1 amide bonds. The van der Waals surface area contributed by atoms with Crippen LogP contribution in [0.2, 0.25) is 5.02 Å². The van der Waals surface area contributed by atoms with Crippen LogP contribution in [0.15, 0.2) is 66.7 Å². The summed E-state index contributed by atoms with van der Waals surface area (Å²) in [6.07, 6.45) is -6.56. The Kier molecular flexibility index (Phi) is 6.78. The van der Waals surface area contributed by atoms with E-state index in [9.17, 15) is 31.5 Å². The molecule has 0 saturated heterocycles. The number of carbonyl (C=O) groups excluding carboxylic acids is 2. The standard InChI is InChI=1S/C22H13ClF5NO3/c23-13-6-9-18(16(10-13)22(26,27)28)29-20(30)19(12-4-2-1-3-5-12)32-21(31)15-8-7-14(24)11-17(15)25/h1-11,19H,(H,29,30)/t19-/m1/s1. The Morgan fingerprint density at radius 2 is 1.62 bits per heavy atom. The van der Waals surface area contributed by atoms with Gasteiger partial charge in [0.25, 0.3) is 5.91 Å². The molecule has 0 aliphatic heterocycles. The summed E-state index contributed by atoms with van der Waals surface area (Å²) in [6, 6.07) is 12.2. The number of nitrogens with one attached hydrogen (secondary N) is 1. The third-order valence-corrected chi connectivity index (χ3v) is 4.50. The van der Waals surface area contributed by atoms with E-state index in [4.69, 9.17) is 16.3 Å². The highest BCUT2D eigenvalue weighted by Gasteiger charge is 2.35. The highest BCUT2D eigenvalue weighted by molar-refractivity contribution is 6.30. The molecular weight excluding hydrogens is 457 g/mol. The van der Waals surface area contributed by atoms with Crippen molar-refractivity contribution < 1.29 is 36.3 Å². The van der Waals surface area contributed by atoms with Gasteiger partial charge in [-0.3, -0.25) is 4.79 Å². The van der Waals surface area contributed by atoms with Crippen LogP contribution in [0.25, 0.3) is 0 Å². The van der Waals surface area contributed by atoms with E-state index in [-0.39, 0.29) is 10.6 Å². The van der Waals surface area contributed by atoms with E-state index in [1.54, 1.807) is 6.07 Å². The van der Waals surface area contributed by atoms with Crippen LogP contribution in [0, 0.1) is 11.6 Å². The van der Waals surface area contributed by atoms with Gasteiger partial charge in [-0.1, -0.05) is 41.9 Å². The Morgan fingerprint density at radius 1 is 0.938 bits per heavy atom. The SMILES string of the molecule is O=C(O[C@@H](C(=O)Nc1ccc(Cl)cc1C(F)(F)F)c1ccccc1)c1ccc(F)cc1F. The van der Waals surface area contributed by atoms with Crippen molar-refractivity contribution in [2.24, 2.45) is 0 Å². The van der Waals surface area contributed by atoms with Crippen molar-refractivity contribution in [1.82, 2.24) is 0 Å². The topological polar surface area (TPSA) is 55.4 Å². The molecule has 0 spiro atoms. The molecule has 166 valence electrons. The number of hydrogen-bond donors (Lipinski definition) is 1. The van der Waals surface area contributed by atoms with Crippen molar-refractivity contribution in [2.45, 2.75) is 12.3 Å². The number of halogens is 6. The van der Waals surface area contributed by atoms with Crippen LogP contribution in [-0.4, -0.2) is 11.9 Å². The molecule has 1 N–H and O–H groups in total. The molecule has 0 bridgehead atoms. The third kappa shape index (κ3) is 5.42. The maximum Gasteiger partial charge on any atom is 0.418 e. The summed E-state index contributed by atoms with van der Waals surface area (Å²) in [5.74, 6) is -4.59. The van der Waals surface area contributed by atoms with E-state index >= 15 is 0 Å². The molecule has 0 aliphatic carbocycles. The largest absolute Gasteiger partial charge is 0.444 e.